The van der Waals surface area contributed by atoms with Gasteiger partial charge in [0.05, 0.1) is 17.7 Å². The molecule has 7 nitrogen and oxygen atoms in total. The third-order valence-corrected chi connectivity index (χ3v) is 3.08. The van der Waals surface area contributed by atoms with Crippen LogP contribution < -0.4 is 10.9 Å². The molecule has 114 valence electrons. The molecule has 0 saturated carbocycles. The lowest BCUT2D eigenvalue weighted by atomic mass is 10.1. The Hall–Kier alpha value is -2.15. The fourth-order valence-corrected chi connectivity index (χ4v) is 1.97. The highest BCUT2D eigenvalue weighted by Gasteiger charge is 2.21. The lowest BCUT2D eigenvalue weighted by Crippen LogP contribution is -2.28. The molecule has 0 aromatic rings. The first-order valence-electron chi connectivity index (χ1n) is 6.88. The Balaban J connectivity index is 2.36. The Bertz CT molecular complexity index is 644. The highest BCUT2D eigenvalue weighted by Crippen LogP contribution is 2.19. The standard InChI is InChI=1S/C14H20N4O3/c1-9(2)6-15-13(19)10-7-18(4-5-21-3)8-11-12(10)16-17-14(11)20/h7-9H,4-6H2,1-3H3,(H,15,19)(H,17,20). The van der Waals surface area contributed by atoms with Gasteiger partial charge in [-0.1, -0.05) is 13.8 Å². The van der Waals surface area contributed by atoms with Gasteiger partial charge in [0.15, 0.2) is 0 Å². The molecule has 0 radical (unpaired) electrons. The molecule has 0 aliphatic carbocycles. The molecule has 2 heterocycles. The second kappa shape index (κ2) is 6.53. The molecule has 0 atom stereocenters. The van der Waals surface area contributed by atoms with Crippen molar-refractivity contribution < 1.29 is 9.53 Å². The lowest BCUT2D eigenvalue weighted by Gasteiger charge is -2.13. The van der Waals surface area contributed by atoms with Gasteiger partial charge in [-0.15, -0.1) is 0 Å². The van der Waals surface area contributed by atoms with Gasteiger partial charge in [0, 0.05) is 32.6 Å². The number of nitrogens with one attached hydrogen (secondary N) is 2. The van der Waals surface area contributed by atoms with Gasteiger partial charge >= 0.3 is 0 Å². The number of ether oxygens (including phenoxy) is 1. The minimum absolute atomic E-state index is 0.230. The van der Waals surface area contributed by atoms with E-state index in [1.54, 1.807) is 24.1 Å². The van der Waals surface area contributed by atoms with E-state index in [0.29, 0.717) is 42.4 Å². The summed E-state index contributed by atoms with van der Waals surface area (Å²) in [4.78, 5) is 24.0. The first-order chi connectivity index (χ1) is 10.0. The molecule has 0 fully saturated rings. The van der Waals surface area contributed by atoms with Gasteiger partial charge in [-0.2, -0.15) is 5.10 Å². The Kier molecular flexibility index (Phi) is 4.74. The van der Waals surface area contributed by atoms with Crippen LogP contribution in [0.5, 0.6) is 0 Å². The molecule has 2 rings (SSSR count). The van der Waals surface area contributed by atoms with Gasteiger partial charge in [0.25, 0.3) is 11.5 Å². The van der Waals surface area contributed by atoms with Crippen LogP contribution in [0.2, 0.25) is 0 Å². The number of aromatic nitrogens is 3. The van der Waals surface area contributed by atoms with Crippen molar-refractivity contribution in [3.05, 3.63) is 28.3 Å². The Morgan fingerprint density at radius 1 is 1.48 bits per heavy atom. The maximum Gasteiger partial charge on any atom is 0.275 e. The highest BCUT2D eigenvalue weighted by atomic mass is 16.5. The van der Waals surface area contributed by atoms with Crippen molar-refractivity contribution in [2.45, 2.75) is 20.4 Å². The average Bonchev–Trinajstić information content (AvgIpc) is 2.83. The van der Waals surface area contributed by atoms with E-state index in [4.69, 9.17) is 4.74 Å². The van der Waals surface area contributed by atoms with Crippen molar-refractivity contribution >= 4 is 5.91 Å². The molecule has 0 spiro atoms. The SMILES string of the molecule is COCCn1cc(C(=O)NCC(C)C)c2n[nH]c(=O)c-2c1. The Labute approximate surface area is 122 Å². The van der Waals surface area contributed by atoms with Crippen molar-refractivity contribution in [1.82, 2.24) is 20.1 Å². The normalized spacial score (nSPS) is 11.2. The van der Waals surface area contributed by atoms with Crippen molar-refractivity contribution in [1.29, 1.82) is 0 Å². The van der Waals surface area contributed by atoms with Gasteiger partial charge < -0.3 is 14.6 Å². The van der Waals surface area contributed by atoms with Crippen LogP contribution in [0.1, 0.15) is 24.2 Å². The van der Waals surface area contributed by atoms with Gasteiger partial charge in [0.2, 0.25) is 0 Å². The molecule has 0 aromatic heterocycles. The number of methoxy groups -OCH3 is 1. The largest absolute Gasteiger partial charge is 0.383 e. The van der Waals surface area contributed by atoms with Crippen LogP contribution >= 0.6 is 0 Å². The number of carbonyl (C=O) groups is 1. The van der Waals surface area contributed by atoms with Crippen LogP contribution in [0.15, 0.2) is 17.2 Å². The molecular formula is C14H20N4O3. The molecule has 0 bridgehead atoms. The van der Waals surface area contributed by atoms with Crippen LogP contribution in [0.25, 0.3) is 11.3 Å². The second-order valence-corrected chi connectivity index (χ2v) is 5.32. The number of hydrogen-bond acceptors (Lipinski definition) is 4. The second-order valence-electron chi connectivity index (χ2n) is 5.32. The van der Waals surface area contributed by atoms with Crippen LogP contribution in [0.4, 0.5) is 0 Å². The quantitative estimate of drug-likeness (QED) is 0.820. The number of fused-ring (bicyclic) bond motifs is 1. The first kappa shape index (κ1) is 15.2. The molecule has 2 aliphatic rings. The zero-order valence-electron chi connectivity index (χ0n) is 12.5. The monoisotopic (exact) mass is 292 g/mol. The highest BCUT2D eigenvalue weighted by molar-refractivity contribution is 5.99. The summed E-state index contributed by atoms with van der Waals surface area (Å²) in [6, 6.07) is 0. The summed E-state index contributed by atoms with van der Waals surface area (Å²) < 4.78 is 6.80. The van der Waals surface area contributed by atoms with E-state index in [9.17, 15) is 9.59 Å². The first-order valence-corrected chi connectivity index (χ1v) is 6.88. The fourth-order valence-electron chi connectivity index (χ4n) is 1.97. The summed E-state index contributed by atoms with van der Waals surface area (Å²) in [7, 11) is 1.60. The van der Waals surface area contributed by atoms with Gasteiger partial charge in [0.1, 0.15) is 5.69 Å². The van der Waals surface area contributed by atoms with Crippen molar-refractivity contribution in [2.24, 2.45) is 5.92 Å². The summed E-state index contributed by atoms with van der Waals surface area (Å²) in [5.74, 6) is 0.120. The number of carbonyl (C=O) groups excluding carboxylic acids is 1. The topological polar surface area (TPSA) is 89.0 Å². The van der Waals surface area contributed by atoms with E-state index in [1.807, 2.05) is 13.8 Å². The van der Waals surface area contributed by atoms with E-state index in [2.05, 4.69) is 15.5 Å². The number of nitrogens with zero attached hydrogens (tertiary/aromatic N) is 2. The maximum atomic E-state index is 12.3. The lowest BCUT2D eigenvalue weighted by molar-refractivity contribution is 0.0948. The fraction of sp³-hybridized carbons (Fsp3) is 0.500. The number of hydrogen-bond donors (Lipinski definition) is 2. The molecule has 7 heteroatoms. The van der Waals surface area contributed by atoms with E-state index >= 15 is 0 Å². The minimum atomic E-state index is -0.297. The summed E-state index contributed by atoms with van der Waals surface area (Å²) in [6.45, 7) is 5.66. The number of amides is 1. The zero-order chi connectivity index (χ0) is 15.4. The maximum absolute atomic E-state index is 12.3. The summed E-state index contributed by atoms with van der Waals surface area (Å²) in [6.07, 6.45) is 3.37. The Morgan fingerprint density at radius 3 is 2.90 bits per heavy atom. The smallest absolute Gasteiger partial charge is 0.275 e. The Morgan fingerprint density at radius 2 is 2.24 bits per heavy atom. The van der Waals surface area contributed by atoms with Crippen molar-refractivity contribution in [3.63, 3.8) is 0 Å². The van der Waals surface area contributed by atoms with E-state index in [1.165, 1.54) is 0 Å². The molecule has 1 amide bonds. The van der Waals surface area contributed by atoms with Crippen LogP contribution in [-0.4, -0.2) is 40.9 Å². The molecule has 2 N–H and O–H groups in total. The number of pyridine rings is 1. The average molecular weight is 292 g/mol. The molecular weight excluding hydrogens is 272 g/mol. The van der Waals surface area contributed by atoms with Crippen LogP contribution in [-0.2, 0) is 11.3 Å². The number of rotatable bonds is 6. The molecule has 2 aliphatic heterocycles. The van der Waals surface area contributed by atoms with Crippen molar-refractivity contribution in [2.75, 3.05) is 20.3 Å². The molecule has 0 saturated heterocycles. The summed E-state index contributed by atoms with van der Waals surface area (Å²) >= 11 is 0. The number of aromatic amines is 1. The van der Waals surface area contributed by atoms with Crippen LogP contribution in [0, 0.1) is 5.92 Å². The number of H-pyrrole nitrogens is 1. The van der Waals surface area contributed by atoms with Gasteiger partial charge in [-0.3, -0.25) is 9.59 Å². The zero-order valence-corrected chi connectivity index (χ0v) is 12.5. The predicted molar refractivity (Wildman–Crippen MR) is 78.5 cm³/mol. The van der Waals surface area contributed by atoms with Gasteiger partial charge in [-0.25, -0.2) is 5.10 Å². The third kappa shape index (κ3) is 3.49. The predicted octanol–water partition coefficient (Wildman–Crippen LogP) is 0.708. The molecule has 21 heavy (non-hydrogen) atoms. The van der Waals surface area contributed by atoms with E-state index in [0.717, 1.165) is 0 Å². The third-order valence-electron chi connectivity index (χ3n) is 3.08. The summed E-state index contributed by atoms with van der Waals surface area (Å²) in [5.41, 5.74) is 0.899. The molecule has 0 unspecified atom stereocenters. The van der Waals surface area contributed by atoms with E-state index < -0.39 is 0 Å². The summed E-state index contributed by atoms with van der Waals surface area (Å²) in [5, 5.41) is 9.18. The van der Waals surface area contributed by atoms with E-state index in [-0.39, 0.29) is 11.5 Å². The molecule has 0 aromatic carbocycles. The van der Waals surface area contributed by atoms with Gasteiger partial charge in [-0.05, 0) is 5.92 Å². The van der Waals surface area contributed by atoms with Crippen molar-refractivity contribution in [3.8, 4) is 11.3 Å². The van der Waals surface area contributed by atoms with Crippen LogP contribution in [0.3, 0.4) is 0 Å². The minimum Gasteiger partial charge on any atom is -0.383 e.